The summed E-state index contributed by atoms with van der Waals surface area (Å²) >= 11 is 0. The third-order valence-corrected chi connectivity index (χ3v) is 4.37. The molecule has 0 bridgehead atoms. The van der Waals surface area contributed by atoms with Crippen molar-refractivity contribution in [3.8, 4) is 0 Å². The van der Waals surface area contributed by atoms with Gasteiger partial charge in [-0.3, -0.25) is 10.1 Å². The van der Waals surface area contributed by atoms with E-state index in [0.29, 0.717) is 5.69 Å². The number of hydrogen-bond donors (Lipinski definition) is 1. The second-order valence-electron chi connectivity index (χ2n) is 4.60. The Morgan fingerprint density at radius 2 is 2.05 bits per heavy atom. The molecule has 19 heavy (non-hydrogen) atoms. The molecule has 1 N–H and O–H groups in total. The summed E-state index contributed by atoms with van der Waals surface area (Å²) in [6.45, 7) is 1.53. The first-order valence-electron chi connectivity index (χ1n) is 5.73. The number of sulfone groups is 1. The second-order valence-corrected chi connectivity index (χ2v) is 6.62. The molecule has 0 saturated carbocycles. The number of rotatable bonds is 4. The van der Waals surface area contributed by atoms with Crippen LogP contribution in [-0.4, -0.2) is 45.8 Å². The van der Waals surface area contributed by atoms with Crippen molar-refractivity contribution < 1.29 is 13.3 Å². The van der Waals surface area contributed by atoms with Crippen LogP contribution in [0.1, 0.15) is 0 Å². The summed E-state index contributed by atoms with van der Waals surface area (Å²) in [7, 11) is -1.68. The molecule has 7 nitrogen and oxygen atoms in total. The largest absolute Gasteiger partial charge is 0.364 e. The molecule has 0 amide bonds. The first-order chi connectivity index (χ1) is 8.80. The lowest BCUT2D eigenvalue weighted by molar-refractivity contribution is -0.384. The van der Waals surface area contributed by atoms with Crippen LogP contribution in [0.2, 0.25) is 0 Å². The normalized spacial score (nSPS) is 15.9. The molecule has 1 aliphatic rings. The average molecular weight is 285 g/mol. The Kier molecular flexibility index (Phi) is 3.46. The van der Waals surface area contributed by atoms with Gasteiger partial charge in [0.15, 0.2) is 9.84 Å². The Bertz CT molecular complexity index is 610. The monoisotopic (exact) mass is 285 g/mol. The van der Waals surface area contributed by atoms with Gasteiger partial charge in [0, 0.05) is 32.5 Å². The third-order valence-electron chi connectivity index (χ3n) is 3.26. The minimum atomic E-state index is -3.45. The van der Waals surface area contributed by atoms with Crippen LogP contribution in [0.25, 0.3) is 0 Å². The summed E-state index contributed by atoms with van der Waals surface area (Å²) in [6.07, 6.45) is 1.03. The smallest absolute Gasteiger partial charge is 0.293 e. The van der Waals surface area contributed by atoms with Crippen molar-refractivity contribution in [2.75, 3.05) is 31.3 Å². The fourth-order valence-electron chi connectivity index (χ4n) is 1.92. The third kappa shape index (κ3) is 2.69. The number of nitro benzene ring substituents is 1. The van der Waals surface area contributed by atoms with Gasteiger partial charge in [0.25, 0.3) is 5.69 Å². The van der Waals surface area contributed by atoms with Gasteiger partial charge in [0.05, 0.1) is 15.9 Å². The molecule has 1 aromatic carbocycles. The predicted molar refractivity (Wildman–Crippen MR) is 71.3 cm³/mol. The maximum Gasteiger partial charge on any atom is 0.293 e. The lowest BCUT2D eigenvalue weighted by Crippen LogP contribution is -2.56. The Balaban J connectivity index is 2.46. The molecule has 0 aromatic heterocycles. The molecule has 104 valence electrons. The molecular weight excluding hydrogens is 270 g/mol. The van der Waals surface area contributed by atoms with Crippen LogP contribution in [-0.2, 0) is 9.84 Å². The molecule has 2 rings (SSSR count). The Hall–Kier alpha value is -1.67. The van der Waals surface area contributed by atoms with E-state index in [1.54, 1.807) is 11.9 Å². The van der Waals surface area contributed by atoms with Gasteiger partial charge < -0.3 is 10.2 Å². The van der Waals surface area contributed by atoms with Crippen LogP contribution in [0.3, 0.4) is 0 Å². The van der Waals surface area contributed by atoms with E-state index in [4.69, 9.17) is 0 Å². The topological polar surface area (TPSA) is 92.5 Å². The van der Waals surface area contributed by atoms with Gasteiger partial charge in [-0.15, -0.1) is 0 Å². The number of nitro groups is 1. The van der Waals surface area contributed by atoms with E-state index in [0.717, 1.165) is 25.4 Å². The highest BCUT2D eigenvalue weighted by atomic mass is 32.2. The maximum absolute atomic E-state index is 11.4. The zero-order valence-corrected chi connectivity index (χ0v) is 11.5. The lowest BCUT2D eigenvalue weighted by Gasteiger charge is -2.36. The van der Waals surface area contributed by atoms with Gasteiger partial charge in [0.2, 0.25) is 0 Å². The summed E-state index contributed by atoms with van der Waals surface area (Å²) in [5.41, 5.74) is 0.251. The molecule has 1 aliphatic heterocycles. The molecule has 1 heterocycles. The summed E-state index contributed by atoms with van der Waals surface area (Å²) in [5.74, 6) is 0. The number of hydrogen-bond acceptors (Lipinski definition) is 6. The minimum absolute atomic E-state index is 0.0388. The first-order valence-corrected chi connectivity index (χ1v) is 7.62. The van der Waals surface area contributed by atoms with Crippen LogP contribution in [0.4, 0.5) is 11.4 Å². The summed E-state index contributed by atoms with van der Waals surface area (Å²) in [4.78, 5) is 12.3. The highest BCUT2D eigenvalue weighted by Gasteiger charge is 2.27. The van der Waals surface area contributed by atoms with E-state index in [1.807, 2.05) is 0 Å². The fraction of sp³-hybridized carbons (Fsp3) is 0.455. The Morgan fingerprint density at radius 3 is 2.47 bits per heavy atom. The molecule has 8 heteroatoms. The predicted octanol–water partition coefficient (Wildman–Crippen LogP) is 0.406. The molecule has 0 radical (unpaired) electrons. The van der Waals surface area contributed by atoms with E-state index < -0.39 is 14.8 Å². The van der Waals surface area contributed by atoms with E-state index in [-0.39, 0.29) is 16.6 Å². The minimum Gasteiger partial charge on any atom is -0.364 e. The van der Waals surface area contributed by atoms with Gasteiger partial charge in [0.1, 0.15) is 5.69 Å². The van der Waals surface area contributed by atoms with Gasteiger partial charge in [-0.1, -0.05) is 0 Å². The van der Waals surface area contributed by atoms with E-state index in [1.165, 1.54) is 12.1 Å². The highest BCUT2D eigenvalue weighted by Crippen LogP contribution is 2.31. The number of benzene rings is 1. The van der Waals surface area contributed by atoms with E-state index >= 15 is 0 Å². The van der Waals surface area contributed by atoms with Crippen LogP contribution < -0.4 is 10.2 Å². The van der Waals surface area contributed by atoms with E-state index in [9.17, 15) is 18.5 Å². The lowest BCUT2D eigenvalue weighted by atomic mass is 10.1. The second kappa shape index (κ2) is 4.78. The molecule has 1 aromatic rings. The quantitative estimate of drug-likeness (QED) is 0.636. The van der Waals surface area contributed by atoms with Crippen molar-refractivity contribution in [3.63, 3.8) is 0 Å². The Morgan fingerprint density at radius 1 is 1.42 bits per heavy atom. The van der Waals surface area contributed by atoms with Crippen molar-refractivity contribution in [2.45, 2.75) is 10.9 Å². The molecule has 0 atom stereocenters. The fourth-order valence-corrected chi connectivity index (χ4v) is 2.56. The van der Waals surface area contributed by atoms with Crippen molar-refractivity contribution >= 4 is 21.2 Å². The van der Waals surface area contributed by atoms with Crippen molar-refractivity contribution in [1.29, 1.82) is 0 Å². The molecule has 0 aliphatic carbocycles. The summed E-state index contributed by atoms with van der Waals surface area (Å²) in [5, 5.41) is 14.2. The number of likely N-dealkylation sites (N-methyl/N-ethyl adjacent to an activating group) is 1. The van der Waals surface area contributed by atoms with E-state index in [2.05, 4.69) is 5.32 Å². The van der Waals surface area contributed by atoms with Crippen molar-refractivity contribution in [3.05, 3.63) is 28.3 Å². The highest BCUT2D eigenvalue weighted by molar-refractivity contribution is 7.90. The SMILES string of the molecule is CN(c1ccc(S(C)(=O)=O)cc1[N+](=O)[O-])C1CNC1. The molecule has 0 unspecified atom stereocenters. The number of anilines is 1. The van der Waals surface area contributed by atoms with Crippen molar-refractivity contribution in [2.24, 2.45) is 0 Å². The van der Waals surface area contributed by atoms with Crippen LogP contribution in [0.15, 0.2) is 23.1 Å². The van der Waals surface area contributed by atoms with Crippen molar-refractivity contribution in [1.82, 2.24) is 5.32 Å². The summed E-state index contributed by atoms with van der Waals surface area (Å²) < 4.78 is 22.9. The van der Waals surface area contributed by atoms with Gasteiger partial charge in [-0.05, 0) is 12.1 Å². The maximum atomic E-state index is 11.4. The van der Waals surface area contributed by atoms with Gasteiger partial charge >= 0.3 is 0 Å². The molecule has 1 saturated heterocycles. The summed E-state index contributed by atoms with van der Waals surface area (Å²) in [6, 6.07) is 4.21. The molecule has 1 fully saturated rings. The first kappa shape index (κ1) is 13.8. The molecular formula is C11H15N3O4S. The molecule has 0 spiro atoms. The zero-order valence-electron chi connectivity index (χ0n) is 10.7. The average Bonchev–Trinajstić information content (AvgIpc) is 2.24. The van der Waals surface area contributed by atoms with Crippen LogP contribution in [0, 0.1) is 10.1 Å². The van der Waals surface area contributed by atoms with Gasteiger partial charge in [-0.2, -0.15) is 0 Å². The Labute approximate surface area is 111 Å². The van der Waals surface area contributed by atoms with Crippen LogP contribution >= 0.6 is 0 Å². The number of nitrogens with zero attached hydrogens (tertiary/aromatic N) is 2. The van der Waals surface area contributed by atoms with Crippen LogP contribution in [0.5, 0.6) is 0 Å². The van der Waals surface area contributed by atoms with Gasteiger partial charge in [-0.25, -0.2) is 8.42 Å². The standard InChI is InChI=1S/C11H15N3O4S/c1-13(8-6-12-7-8)10-4-3-9(19(2,17)18)5-11(10)14(15)16/h3-5,8,12H,6-7H2,1-2H3. The zero-order chi connectivity index (χ0) is 14.2. The number of nitrogens with one attached hydrogen (secondary N) is 1.